The average molecular weight is 481 g/mol. The lowest BCUT2D eigenvalue weighted by molar-refractivity contribution is -0.137. The fourth-order valence-corrected chi connectivity index (χ4v) is 3.52. The molecule has 1 heterocycles. The molecular formula is C23H17ClF4N2O3. The van der Waals surface area contributed by atoms with Crippen LogP contribution in [-0.4, -0.2) is 14.2 Å². The quantitative estimate of drug-likeness (QED) is 0.508. The lowest BCUT2D eigenvalue weighted by Crippen LogP contribution is -2.38. The summed E-state index contributed by atoms with van der Waals surface area (Å²) in [4.78, 5) is 25.4. The van der Waals surface area contributed by atoms with Gasteiger partial charge in [-0.2, -0.15) is 13.2 Å². The number of aromatic hydroxyl groups is 1. The third-order valence-corrected chi connectivity index (χ3v) is 4.96. The molecule has 0 saturated carbocycles. The van der Waals surface area contributed by atoms with E-state index in [-0.39, 0.29) is 29.3 Å². The summed E-state index contributed by atoms with van der Waals surface area (Å²) in [6.07, 6.45) is -4.68. The highest BCUT2D eigenvalue weighted by atomic mass is 35.5. The van der Waals surface area contributed by atoms with Crippen LogP contribution in [0.5, 0.6) is 5.88 Å². The van der Waals surface area contributed by atoms with Crippen molar-refractivity contribution in [2.45, 2.75) is 19.0 Å². The van der Waals surface area contributed by atoms with Crippen LogP contribution in [0.1, 0.15) is 16.7 Å². The van der Waals surface area contributed by atoms with E-state index in [2.05, 4.69) is 13.2 Å². The molecule has 5 nitrogen and oxygen atoms in total. The number of nitrogens with zero attached hydrogens (tertiary/aromatic N) is 2. The van der Waals surface area contributed by atoms with E-state index in [4.69, 9.17) is 11.6 Å². The van der Waals surface area contributed by atoms with Crippen LogP contribution in [0.15, 0.2) is 71.3 Å². The zero-order valence-corrected chi connectivity index (χ0v) is 17.8. The van der Waals surface area contributed by atoms with Crippen molar-refractivity contribution in [3.63, 3.8) is 0 Å². The number of aromatic nitrogens is 2. The van der Waals surface area contributed by atoms with Crippen LogP contribution in [0.25, 0.3) is 11.4 Å². The van der Waals surface area contributed by atoms with Crippen molar-refractivity contribution >= 4 is 23.0 Å². The fraction of sp³-hybridized carbons (Fsp3) is 0.130. The predicted molar refractivity (Wildman–Crippen MR) is 118 cm³/mol. The molecule has 3 aromatic rings. The standard InChI is InChI=1S/C23H17ClF4N2O3/c1-13(7-15-3-5-17(6-4-15)23(26,27)28)29-20(31)12-21(32)30(22(29)33)14(2)8-16-9-18(24)11-19(25)10-16/h3-6,9-12,31H,1-2,7-8H2. The first kappa shape index (κ1) is 24.1. The van der Waals surface area contributed by atoms with Gasteiger partial charge in [0.05, 0.1) is 11.6 Å². The molecule has 0 amide bonds. The van der Waals surface area contributed by atoms with Gasteiger partial charge in [0.15, 0.2) is 0 Å². The molecule has 0 saturated heterocycles. The number of halogens is 5. The minimum Gasteiger partial charge on any atom is -0.494 e. The van der Waals surface area contributed by atoms with Gasteiger partial charge in [0.2, 0.25) is 5.88 Å². The molecule has 0 spiro atoms. The normalized spacial score (nSPS) is 11.4. The van der Waals surface area contributed by atoms with Crippen LogP contribution in [0, 0.1) is 5.82 Å². The molecule has 0 atom stereocenters. The Hall–Kier alpha value is -3.59. The number of alkyl halides is 3. The summed E-state index contributed by atoms with van der Waals surface area (Å²) < 4.78 is 53.3. The summed E-state index contributed by atoms with van der Waals surface area (Å²) in [7, 11) is 0. The predicted octanol–water partition coefficient (Wildman–Crippen LogP) is 4.95. The van der Waals surface area contributed by atoms with E-state index < -0.39 is 34.7 Å². The Bertz CT molecular complexity index is 1340. The lowest BCUT2D eigenvalue weighted by Gasteiger charge is -2.16. The maximum absolute atomic E-state index is 13.6. The van der Waals surface area contributed by atoms with E-state index in [1.165, 1.54) is 24.3 Å². The monoisotopic (exact) mass is 480 g/mol. The molecule has 0 fully saturated rings. The molecular weight excluding hydrogens is 464 g/mol. The van der Waals surface area contributed by atoms with Crippen molar-refractivity contribution in [2.24, 2.45) is 0 Å². The first-order chi connectivity index (χ1) is 15.4. The van der Waals surface area contributed by atoms with Crippen LogP contribution in [-0.2, 0) is 19.0 Å². The third kappa shape index (κ3) is 5.43. The molecule has 33 heavy (non-hydrogen) atoms. The first-order valence-corrected chi connectivity index (χ1v) is 9.80. The zero-order valence-electron chi connectivity index (χ0n) is 17.0. The SMILES string of the molecule is C=C(Cc1ccc(C(F)(F)F)cc1)n1c(O)cc(=O)n(C(=C)Cc2cc(F)cc(Cl)c2)c1=O. The molecule has 2 aromatic carbocycles. The van der Waals surface area contributed by atoms with Gasteiger partial charge < -0.3 is 5.11 Å². The first-order valence-electron chi connectivity index (χ1n) is 9.42. The maximum Gasteiger partial charge on any atom is 0.416 e. The summed E-state index contributed by atoms with van der Waals surface area (Å²) in [5, 5.41) is 10.3. The van der Waals surface area contributed by atoms with Crippen LogP contribution in [0.3, 0.4) is 0 Å². The molecule has 1 aromatic heterocycles. The fourth-order valence-electron chi connectivity index (χ4n) is 3.27. The third-order valence-electron chi connectivity index (χ3n) is 4.74. The van der Waals surface area contributed by atoms with Gasteiger partial charge in [-0.3, -0.25) is 4.79 Å². The second kappa shape index (κ2) is 9.11. The van der Waals surface area contributed by atoms with E-state index in [9.17, 15) is 32.3 Å². The van der Waals surface area contributed by atoms with Crippen molar-refractivity contribution in [2.75, 3.05) is 0 Å². The van der Waals surface area contributed by atoms with Gasteiger partial charge in [-0.25, -0.2) is 18.3 Å². The summed E-state index contributed by atoms with van der Waals surface area (Å²) in [6.45, 7) is 7.43. The van der Waals surface area contributed by atoms with E-state index in [1.54, 1.807) is 0 Å². The molecule has 3 rings (SSSR count). The van der Waals surface area contributed by atoms with Crippen LogP contribution in [0.2, 0.25) is 5.02 Å². The van der Waals surface area contributed by atoms with E-state index in [1.807, 2.05) is 0 Å². The largest absolute Gasteiger partial charge is 0.494 e. The van der Waals surface area contributed by atoms with Gasteiger partial charge in [-0.05, 0) is 41.5 Å². The number of benzene rings is 2. The Labute approximate surface area is 190 Å². The summed E-state index contributed by atoms with van der Waals surface area (Å²) >= 11 is 5.83. The summed E-state index contributed by atoms with van der Waals surface area (Å²) in [5.74, 6) is -1.30. The highest BCUT2D eigenvalue weighted by Crippen LogP contribution is 2.29. The molecule has 1 N–H and O–H groups in total. The highest BCUT2D eigenvalue weighted by molar-refractivity contribution is 6.30. The molecule has 172 valence electrons. The molecule has 0 bridgehead atoms. The van der Waals surface area contributed by atoms with Crippen molar-refractivity contribution in [3.8, 4) is 5.88 Å². The van der Waals surface area contributed by atoms with E-state index in [0.717, 1.165) is 28.8 Å². The maximum atomic E-state index is 13.6. The van der Waals surface area contributed by atoms with Gasteiger partial charge in [0.25, 0.3) is 5.56 Å². The molecule has 0 unspecified atom stereocenters. The van der Waals surface area contributed by atoms with E-state index >= 15 is 0 Å². The molecule has 0 aliphatic heterocycles. The van der Waals surface area contributed by atoms with Gasteiger partial charge in [0.1, 0.15) is 5.82 Å². The summed E-state index contributed by atoms with van der Waals surface area (Å²) in [6, 6.07) is 8.71. The Morgan fingerprint density at radius 1 is 0.909 bits per heavy atom. The summed E-state index contributed by atoms with van der Waals surface area (Å²) in [5.41, 5.74) is -1.94. The zero-order chi connectivity index (χ0) is 24.5. The van der Waals surface area contributed by atoms with Gasteiger partial charge in [-0.1, -0.05) is 36.9 Å². The second-order valence-corrected chi connectivity index (χ2v) is 7.69. The number of hydrogen-bond acceptors (Lipinski definition) is 3. The minimum atomic E-state index is -4.49. The topological polar surface area (TPSA) is 64.2 Å². The molecule has 0 aliphatic carbocycles. The Balaban J connectivity index is 1.93. The van der Waals surface area contributed by atoms with Crippen LogP contribution in [0.4, 0.5) is 17.6 Å². The van der Waals surface area contributed by atoms with Crippen molar-refractivity contribution in [1.29, 1.82) is 0 Å². The Kier molecular flexibility index (Phi) is 6.64. The van der Waals surface area contributed by atoms with Crippen molar-refractivity contribution in [1.82, 2.24) is 9.13 Å². The van der Waals surface area contributed by atoms with Gasteiger partial charge in [-0.15, -0.1) is 0 Å². The van der Waals surface area contributed by atoms with Crippen molar-refractivity contribution in [3.05, 3.63) is 110 Å². The lowest BCUT2D eigenvalue weighted by atomic mass is 10.1. The van der Waals surface area contributed by atoms with Gasteiger partial charge >= 0.3 is 11.9 Å². The second-order valence-electron chi connectivity index (χ2n) is 7.25. The van der Waals surface area contributed by atoms with Crippen LogP contribution < -0.4 is 11.2 Å². The average Bonchev–Trinajstić information content (AvgIpc) is 2.66. The number of hydrogen-bond donors (Lipinski definition) is 1. The smallest absolute Gasteiger partial charge is 0.416 e. The molecule has 0 aliphatic rings. The molecule has 10 heteroatoms. The van der Waals surface area contributed by atoms with Crippen molar-refractivity contribution < 1.29 is 22.7 Å². The Morgan fingerprint density at radius 2 is 1.48 bits per heavy atom. The Morgan fingerprint density at radius 3 is 2.06 bits per heavy atom. The molecule has 0 radical (unpaired) electrons. The number of allylic oxidation sites excluding steroid dienone is 2. The van der Waals surface area contributed by atoms with E-state index in [0.29, 0.717) is 15.7 Å². The highest BCUT2D eigenvalue weighted by Gasteiger charge is 2.30. The van der Waals surface area contributed by atoms with Crippen LogP contribution >= 0.6 is 11.6 Å². The van der Waals surface area contributed by atoms with Gasteiger partial charge in [0, 0.05) is 29.3 Å². The number of rotatable bonds is 6. The minimum absolute atomic E-state index is 0.00705.